The third kappa shape index (κ3) is 4.31. The lowest BCUT2D eigenvalue weighted by atomic mass is 10.1. The SMILES string of the molecule is C=CCCN(CCC(=O)O)c1ccccc1C. The Bertz CT molecular complexity index is 388. The quantitative estimate of drug-likeness (QED) is 0.736. The van der Waals surface area contributed by atoms with E-state index in [0.717, 1.165) is 18.7 Å². The van der Waals surface area contributed by atoms with Gasteiger partial charge in [0.2, 0.25) is 0 Å². The average molecular weight is 233 g/mol. The topological polar surface area (TPSA) is 40.5 Å². The Morgan fingerprint density at radius 1 is 1.41 bits per heavy atom. The molecule has 0 aliphatic heterocycles. The molecule has 0 fully saturated rings. The van der Waals surface area contributed by atoms with E-state index in [1.165, 1.54) is 5.56 Å². The number of aryl methyl sites for hydroxylation is 1. The summed E-state index contributed by atoms with van der Waals surface area (Å²) in [6, 6.07) is 8.03. The van der Waals surface area contributed by atoms with Crippen LogP contribution in [0.2, 0.25) is 0 Å². The van der Waals surface area contributed by atoms with Crippen LogP contribution < -0.4 is 4.90 Å². The van der Waals surface area contributed by atoms with Crippen LogP contribution in [0.15, 0.2) is 36.9 Å². The molecule has 0 saturated heterocycles. The minimum Gasteiger partial charge on any atom is -0.481 e. The van der Waals surface area contributed by atoms with Crippen LogP contribution in [-0.4, -0.2) is 24.2 Å². The maximum atomic E-state index is 10.6. The van der Waals surface area contributed by atoms with Crippen LogP contribution in [-0.2, 0) is 4.79 Å². The Hall–Kier alpha value is -1.77. The number of rotatable bonds is 7. The maximum absolute atomic E-state index is 10.6. The Morgan fingerprint density at radius 2 is 2.12 bits per heavy atom. The lowest BCUT2D eigenvalue weighted by Gasteiger charge is -2.25. The highest BCUT2D eigenvalue weighted by Gasteiger charge is 2.09. The van der Waals surface area contributed by atoms with Crippen molar-refractivity contribution >= 4 is 11.7 Å². The number of hydrogen-bond donors (Lipinski definition) is 1. The highest BCUT2D eigenvalue weighted by molar-refractivity contribution is 5.68. The van der Waals surface area contributed by atoms with Gasteiger partial charge in [-0.25, -0.2) is 0 Å². The number of carbonyl (C=O) groups is 1. The number of para-hydroxylation sites is 1. The molecule has 0 heterocycles. The molecule has 1 aromatic rings. The Balaban J connectivity index is 2.77. The highest BCUT2D eigenvalue weighted by Crippen LogP contribution is 2.19. The summed E-state index contributed by atoms with van der Waals surface area (Å²) in [5, 5.41) is 8.76. The van der Waals surface area contributed by atoms with Gasteiger partial charge in [0.05, 0.1) is 6.42 Å². The second-order valence-corrected chi connectivity index (χ2v) is 3.99. The molecular formula is C14H19NO2. The number of hydrogen-bond acceptors (Lipinski definition) is 2. The molecule has 0 aliphatic rings. The van der Waals surface area contributed by atoms with Crippen molar-refractivity contribution in [3.05, 3.63) is 42.5 Å². The van der Waals surface area contributed by atoms with E-state index >= 15 is 0 Å². The molecule has 1 aromatic carbocycles. The molecule has 1 N–H and O–H groups in total. The van der Waals surface area contributed by atoms with Crippen molar-refractivity contribution in [1.82, 2.24) is 0 Å². The summed E-state index contributed by atoms with van der Waals surface area (Å²) in [4.78, 5) is 12.7. The Kier molecular flexibility index (Phi) is 5.27. The number of nitrogens with zero attached hydrogens (tertiary/aromatic N) is 1. The first-order valence-electron chi connectivity index (χ1n) is 5.78. The fourth-order valence-corrected chi connectivity index (χ4v) is 1.75. The fourth-order valence-electron chi connectivity index (χ4n) is 1.75. The Morgan fingerprint density at radius 3 is 2.71 bits per heavy atom. The first kappa shape index (κ1) is 13.3. The molecule has 92 valence electrons. The van der Waals surface area contributed by atoms with Gasteiger partial charge >= 0.3 is 5.97 Å². The predicted octanol–water partition coefficient (Wildman–Crippen LogP) is 2.85. The second-order valence-electron chi connectivity index (χ2n) is 3.99. The number of carboxylic acid groups (broad SMARTS) is 1. The molecular weight excluding hydrogens is 214 g/mol. The zero-order valence-corrected chi connectivity index (χ0v) is 10.2. The van der Waals surface area contributed by atoms with Gasteiger partial charge in [0.1, 0.15) is 0 Å². The van der Waals surface area contributed by atoms with Crippen LogP contribution >= 0.6 is 0 Å². The van der Waals surface area contributed by atoms with Crippen molar-refractivity contribution in [2.45, 2.75) is 19.8 Å². The number of carboxylic acids is 1. The van der Waals surface area contributed by atoms with Gasteiger partial charge in [-0.3, -0.25) is 4.79 Å². The summed E-state index contributed by atoms with van der Waals surface area (Å²) in [5.41, 5.74) is 2.28. The van der Waals surface area contributed by atoms with Crippen LogP contribution in [0.3, 0.4) is 0 Å². The van der Waals surface area contributed by atoms with Crippen molar-refractivity contribution in [1.29, 1.82) is 0 Å². The van der Waals surface area contributed by atoms with Gasteiger partial charge in [0.25, 0.3) is 0 Å². The van der Waals surface area contributed by atoms with Crippen LogP contribution in [0.1, 0.15) is 18.4 Å². The third-order valence-corrected chi connectivity index (χ3v) is 2.65. The summed E-state index contributed by atoms with van der Waals surface area (Å²) >= 11 is 0. The molecule has 0 aliphatic carbocycles. The van der Waals surface area contributed by atoms with E-state index in [-0.39, 0.29) is 6.42 Å². The highest BCUT2D eigenvalue weighted by atomic mass is 16.4. The summed E-state index contributed by atoms with van der Waals surface area (Å²) < 4.78 is 0. The van der Waals surface area contributed by atoms with Crippen molar-refractivity contribution in [2.24, 2.45) is 0 Å². The minimum absolute atomic E-state index is 0.158. The van der Waals surface area contributed by atoms with Crippen LogP contribution in [0.4, 0.5) is 5.69 Å². The van der Waals surface area contributed by atoms with Gasteiger partial charge in [0.15, 0.2) is 0 Å². The molecule has 3 heteroatoms. The molecule has 0 unspecified atom stereocenters. The van der Waals surface area contributed by atoms with E-state index in [2.05, 4.69) is 11.5 Å². The van der Waals surface area contributed by atoms with Gasteiger partial charge in [-0.1, -0.05) is 24.3 Å². The number of anilines is 1. The zero-order valence-electron chi connectivity index (χ0n) is 10.2. The molecule has 0 radical (unpaired) electrons. The molecule has 0 bridgehead atoms. The monoisotopic (exact) mass is 233 g/mol. The summed E-state index contributed by atoms with van der Waals surface area (Å²) in [6.07, 6.45) is 2.87. The summed E-state index contributed by atoms with van der Waals surface area (Å²) in [5.74, 6) is -0.762. The fraction of sp³-hybridized carbons (Fsp3) is 0.357. The molecule has 0 atom stereocenters. The van der Waals surface area contributed by atoms with Crippen molar-refractivity contribution in [3.63, 3.8) is 0 Å². The van der Waals surface area contributed by atoms with Gasteiger partial charge in [-0.15, -0.1) is 6.58 Å². The minimum atomic E-state index is -0.762. The second kappa shape index (κ2) is 6.74. The van der Waals surface area contributed by atoms with E-state index in [9.17, 15) is 4.79 Å². The van der Waals surface area contributed by atoms with Gasteiger partial charge < -0.3 is 10.0 Å². The molecule has 0 amide bonds. The normalized spacial score (nSPS) is 9.94. The Labute approximate surface area is 102 Å². The van der Waals surface area contributed by atoms with Crippen molar-refractivity contribution in [2.75, 3.05) is 18.0 Å². The third-order valence-electron chi connectivity index (χ3n) is 2.65. The van der Waals surface area contributed by atoms with Crippen LogP contribution in [0.5, 0.6) is 0 Å². The van der Waals surface area contributed by atoms with E-state index < -0.39 is 5.97 Å². The van der Waals surface area contributed by atoms with E-state index in [0.29, 0.717) is 6.54 Å². The number of aliphatic carboxylic acids is 1. The van der Waals surface area contributed by atoms with Crippen molar-refractivity contribution < 1.29 is 9.90 Å². The van der Waals surface area contributed by atoms with E-state index in [1.807, 2.05) is 37.3 Å². The molecule has 0 saturated carbocycles. The van der Waals surface area contributed by atoms with Crippen LogP contribution in [0.25, 0.3) is 0 Å². The average Bonchev–Trinajstić information content (AvgIpc) is 2.30. The predicted molar refractivity (Wildman–Crippen MR) is 70.5 cm³/mol. The van der Waals surface area contributed by atoms with E-state index in [4.69, 9.17) is 5.11 Å². The largest absolute Gasteiger partial charge is 0.481 e. The maximum Gasteiger partial charge on any atom is 0.305 e. The lowest BCUT2D eigenvalue weighted by Crippen LogP contribution is -2.27. The van der Waals surface area contributed by atoms with Gasteiger partial charge in [-0.05, 0) is 25.0 Å². The molecule has 1 rings (SSSR count). The van der Waals surface area contributed by atoms with Gasteiger partial charge in [0, 0.05) is 18.8 Å². The first-order valence-corrected chi connectivity index (χ1v) is 5.78. The zero-order chi connectivity index (χ0) is 12.7. The lowest BCUT2D eigenvalue weighted by molar-refractivity contribution is -0.136. The summed E-state index contributed by atoms with van der Waals surface area (Å²) in [6.45, 7) is 7.08. The van der Waals surface area contributed by atoms with Crippen molar-refractivity contribution in [3.8, 4) is 0 Å². The smallest absolute Gasteiger partial charge is 0.305 e. The molecule has 0 spiro atoms. The standard InChI is InChI=1S/C14H19NO2/c1-3-4-10-15(11-9-14(16)17)13-8-6-5-7-12(13)2/h3,5-8H,1,4,9-11H2,2H3,(H,16,17). The van der Waals surface area contributed by atoms with E-state index in [1.54, 1.807) is 0 Å². The van der Waals surface area contributed by atoms with Crippen LogP contribution in [0, 0.1) is 6.92 Å². The van der Waals surface area contributed by atoms with Gasteiger partial charge in [-0.2, -0.15) is 0 Å². The number of benzene rings is 1. The molecule has 3 nitrogen and oxygen atoms in total. The molecule has 0 aromatic heterocycles. The molecule has 17 heavy (non-hydrogen) atoms. The summed E-state index contributed by atoms with van der Waals surface area (Å²) in [7, 11) is 0. The first-order chi connectivity index (χ1) is 8.15.